The molecule has 1 aromatic heterocycles. The van der Waals surface area contributed by atoms with Gasteiger partial charge in [0.2, 0.25) is 9.84 Å². The maximum absolute atomic E-state index is 13.5. The number of anilines is 2. The number of nitrogens with zero attached hydrogens (tertiary/aromatic N) is 1. The van der Waals surface area contributed by atoms with Crippen molar-refractivity contribution in [3.8, 4) is 0 Å². The first-order valence-corrected chi connectivity index (χ1v) is 12.0. The normalized spacial score (nSPS) is 16.8. The van der Waals surface area contributed by atoms with Crippen LogP contribution in [0.15, 0.2) is 47.5 Å². The number of hydrogen-bond donors (Lipinski definition) is 3. The zero-order valence-electron chi connectivity index (χ0n) is 17.3. The van der Waals surface area contributed by atoms with Crippen LogP contribution in [0.2, 0.25) is 5.02 Å². The fraction of sp³-hybridized carbons (Fsp3) is 0.273. The third-order valence-corrected chi connectivity index (χ3v) is 7.48. The summed E-state index contributed by atoms with van der Waals surface area (Å²) in [4.78, 5) is 16.1. The minimum atomic E-state index is -3.96. The highest BCUT2D eigenvalue weighted by Gasteiger charge is 2.33. The van der Waals surface area contributed by atoms with Crippen LogP contribution in [0.1, 0.15) is 22.8 Å². The van der Waals surface area contributed by atoms with Crippen molar-refractivity contribution in [2.45, 2.75) is 23.7 Å². The lowest BCUT2D eigenvalue weighted by Crippen LogP contribution is -2.43. The van der Waals surface area contributed by atoms with Crippen molar-refractivity contribution in [2.75, 3.05) is 25.0 Å². The van der Waals surface area contributed by atoms with Gasteiger partial charge in [0.25, 0.3) is 0 Å². The largest absolute Gasteiger partial charge is 0.478 e. The third-order valence-electron chi connectivity index (χ3n) is 5.32. The molecule has 2 aromatic carbocycles. The van der Waals surface area contributed by atoms with Gasteiger partial charge in [-0.1, -0.05) is 24.6 Å². The van der Waals surface area contributed by atoms with Gasteiger partial charge in [0.15, 0.2) is 5.44 Å². The smallest absolute Gasteiger partial charge is 0.337 e. The molecule has 1 saturated heterocycles. The first-order chi connectivity index (χ1) is 15.3. The average Bonchev–Trinajstić information content (AvgIpc) is 2.80. The van der Waals surface area contributed by atoms with Gasteiger partial charge in [0.1, 0.15) is 4.90 Å². The van der Waals surface area contributed by atoms with E-state index in [1.807, 2.05) is 6.92 Å². The Morgan fingerprint density at radius 3 is 2.81 bits per heavy atom. The summed E-state index contributed by atoms with van der Waals surface area (Å²) in [5.41, 5.74) is 0.789. The van der Waals surface area contributed by atoms with Crippen LogP contribution in [0.5, 0.6) is 0 Å². The highest BCUT2D eigenvalue weighted by molar-refractivity contribution is 7.92. The molecule has 1 aliphatic heterocycles. The summed E-state index contributed by atoms with van der Waals surface area (Å²) < 4.78 is 32.4. The highest BCUT2D eigenvalue weighted by atomic mass is 35.5. The predicted octanol–water partition coefficient (Wildman–Crippen LogP) is 3.61. The van der Waals surface area contributed by atoms with Gasteiger partial charge in [0, 0.05) is 29.7 Å². The van der Waals surface area contributed by atoms with E-state index in [0.717, 1.165) is 5.56 Å². The van der Waals surface area contributed by atoms with E-state index in [2.05, 4.69) is 15.6 Å². The molecule has 0 radical (unpaired) electrons. The molecule has 1 atom stereocenters. The number of sulfone groups is 1. The third kappa shape index (κ3) is 4.29. The van der Waals surface area contributed by atoms with Crippen LogP contribution >= 0.6 is 11.6 Å². The molecule has 0 saturated carbocycles. The number of carboxylic acids is 1. The molecule has 1 aliphatic rings. The average molecular weight is 476 g/mol. The Morgan fingerprint density at radius 1 is 1.31 bits per heavy atom. The van der Waals surface area contributed by atoms with Crippen molar-refractivity contribution < 1.29 is 23.1 Å². The van der Waals surface area contributed by atoms with Gasteiger partial charge in [0.05, 0.1) is 29.1 Å². The van der Waals surface area contributed by atoms with Crippen LogP contribution in [0.25, 0.3) is 10.9 Å². The van der Waals surface area contributed by atoms with E-state index in [1.165, 1.54) is 6.20 Å². The van der Waals surface area contributed by atoms with Gasteiger partial charge in [-0.3, -0.25) is 4.98 Å². The molecule has 10 heteroatoms. The standard InChI is InChI=1S/C22H22ClN3O5S/c1-2-13-3-5-18(16(9-13)22(27)28)26-21-15-10-14(23)4-6-17(15)25-11-19(21)32(29,30)20-12-24-7-8-31-20/h3-6,9-11,20,24H,2,7-8,12H2,1H3,(H,25,26)(H,27,28). The SMILES string of the molecule is CCc1ccc(Nc2c(S(=O)(=O)C3CNCCO3)cnc3ccc(Cl)cc23)c(C(=O)O)c1. The maximum atomic E-state index is 13.5. The molecule has 4 rings (SSSR count). The molecule has 168 valence electrons. The Balaban J connectivity index is 1.92. The fourth-order valence-corrected chi connectivity index (χ4v) is 5.32. The summed E-state index contributed by atoms with van der Waals surface area (Å²) in [6.45, 7) is 2.89. The molecule has 1 unspecified atom stereocenters. The van der Waals surface area contributed by atoms with Gasteiger partial charge in [-0.05, 0) is 42.3 Å². The number of halogens is 1. The Kier molecular flexibility index (Phi) is 6.34. The molecule has 3 N–H and O–H groups in total. The van der Waals surface area contributed by atoms with Crippen LogP contribution in [0, 0.1) is 0 Å². The van der Waals surface area contributed by atoms with Gasteiger partial charge >= 0.3 is 5.97 Å². The van der Waals surface area contributed by atoms with E-state index >= 15 is 0 Å². The molecule has 0 aliphatic carbocycles. The van der Waals surface area contributed by atoms with Crippen LogP contribution < -0.4 is 10.6 Å². The second-order valence-electron chi connectivity index (χ2n) is 7.37. The Hall–Kier alpha value is -2.72. The number of fused-ring (bicyclic) bond motifs is 1. The minimum Gasteiger partial charge on any atom is -0.478 e. The fourth-order valence-electron chi connectivity index (χ4n) is 3.61. The highest BCUT2D eigenvalue weighted by Crippen LogP contribution is 2.36. The topological polar surface area (TPSA) is 118 Å². The maximum Gasteiger partial charge on any atom is 0.337 e. The number of aryl methyl sites for hydroxylation is 1. The van der Waals surface area contributed by atoms with Crippen molar-refractivity contribution in [2.24, 2.45) is 0 Å². The number of ether oxygens (including phenoxy) is 1. The zero-order chi connectivity index (χ0) is 22.9. The van der Waals surface area contributed by atoms with Crippen LogP contribution in [0.4, 0.5) is 11.4 Å². The number of carbonyl (C=O) groups is 1. The van der Waals surface area contributed by atoms with E-state index in [1.54, 1.807) is 36.4 Å². The van der Waals surface area contributed by atoms with Crippen LogP contribution in [-0.2, 0) is 21.0 Å². The van der Waals surface area contributed by atoms with Gasteiger partial charge in [-0.25, -0.2) is 13.2 Å². The number of rotatable bonds is 6. The Labute approximate surface area is 190 Å². The molecule has 0 spiro atoms. The van der Waals surface area contributed by atoms with E-state index in [-0.39, 0.29) is 35.0 Å². The number of carboxylic acid groups (broad SMARTS) is 1. The van der Waals surface area contributed by atoms with E-state index < -0.39 is 21.2 Å². The van der Waals surface area contributed by atoms with Crippen LogP contribution in [-0.4, -0.2) is 49.6 Å². The number of aromatic carboxylic acids is 1. The molecule has 0 bridgehead atoms. The summed E-state index contributed by atoms with van der Waals surface area (Å²) in [6, 6.07) is 9.94. The van der Waals surface area contributed by atoms with E-state index in [4.69, 9.17) is 16.3 Å². The van der Waals surface area contributed by atoms with Gasteiger partial charge < -0.3 is 20.5 Å². The van der Waals surface area contributed by atoms with Crippen molar-refractivity contribution in [3.63, 3.8) is 0 Å². The lowest BCUT2D eigenvalue weighted by atomic mass is 10.1. The molecule has 8 nitrogen and oxygen atoms in total. The number of benzene rings is 2. The molecule has 1 fully saturated rings. The Bertz CT molecular complexity index is 1290. The second-order valence-corrected chi connectivity index (χ2v) is 9.86. The number of aromatic nitrogens is 1. The Morgan fingerprint density at radius 2 is 2.12 bits per heavy atom. The first-order valence-electron chi connectivity index (χ1n) is 10.1. The summed E-state index contributed by atoms with van der Waals surface area (Å²) >= 11 is 6.20. The zero-order valence-corrected chi connectivity index (χ0v) is 18.8. The summed E-state index contributed by atoms with van der Waals surface area (Å²) in [5.74, 6) is -1.12. The molecule has 2 heterocycles. The van der Waals surface area contributed by atoms with E-state index in [9.17, 15) is 18.3 Å². The van der Waals surface area contributed by atoms with Gasteiger partial charge in [-0.2, -0.15) is 0 Å². The van der Waals surface area contributed by atoms with Gasteiger partial charge in [-0.15, -0.1) is 0 Å². The molecular formula is C22H22ClN3O5S. The monoisotopic (exact) mass is 475 g/mol. The lowest BCUT2D eigenvalue weighted by Gasteiger charge is -2.25. The second kappa shape index (κ2) is 9.03. The first kappa shape index (κ1) is 22.5. The summed E-state index contributed by atoms with van der Waals surface area (Å²) in [7, 11) is -3.96. The van der Waals surface area contributed by atoms with E-state index in [0.29, 0.717) is 28.9 Å². The van der Waals surface area contributed by atoms with Crippen molar-refractivity contribution >= 4 is 49.7 Å². The number of morpholine rings is 1. The predicted molar refractivity (Wildman–Crippen MR) is 123 cm³/mol. The lowest BCUT2D eigenvalue weighted by molar-refractivity contribution is 0.0698. The quantitative estimate of drug-likeness (QED) is 0.495. The number of nitrogens with one attached hydrogen (secondary N) is 2. The van der Waals surface area contributed by atoms with Crippen molar-refractivity contribution in [1.82, 2.24) is 10.3 Å². The number of pyridine rings is 1. The molecular weight excluding hydrogens is 454 g/mol. The van der Waals surface area contributed by atoms with Crippen molar-refractivity contribution in [1.29, 1.82) is 0 Å². The number of hydrogen-bond acceptors (Lipinski definition) is 7. The van der Waals surface area contributed by atoms with Crippen molar-refractivity contribution in [3.05, 3.63) is 58.7 Å². The summed E-state index contributed by atoms with van der Waals surface area (Å²) in [6.07, 6.45) is 1.94. The van der Waals surface area contributed by atoms with Crippen LogP contribution in [0.3, 0.4) is 0 Å². The molecule has 3 aromatic rings. The molecule has 0 amide bonds. The summed E-state index contributed by atoms with van der Waals surface area (Å²) in [5, 5.41) is 16.7. The molecule has 32 heavy (non-hydrogen) atoms. The minimum absolute atomic E-state index is 0.0373.